The molecular formula is C10H12S. The summed E-state index contributed by atoms with van der Waals surface area (Å²) >= 11 is 1.72. The molecule has 1 aromatic heterocycles. The molecule has 0 bridgehead atoms. The summed E-state index contributed by atoms with van der Waals surface area (Å²) in [6, 6.07) is 2.12. The van der Waals surface area contributed by atoms with Crippen LogP contribution in [0.5, 0.6) is 0 Å². The Bertz CT molecular complexity index is 265. The molecule has 0 aromatic carbocycles. The van der Waals surface area contributed by atoms with Gasteiger partial charge in [0.1, 0.15) is 0 Å². The maximum atomic E-state index is 3.92. The van der Waals surface area contributed by atoms with E-state index in [1.165, 1.54) is 11.1 Å². The maximum absolute atomic E-state index is 3.92. The molecule has 0 atom stereocenters. The largest absolute Gasteiger partial charge is 0.152 e. The number of rotatable bonds is 2. The second-order valence-electron chi connectivity index (χ2n) is 2.49. The Morgan fingerprint density at radius 3 is 2.73 bits per heavy atom. The summed E-state index contributed by atoms with van der Waals surface area (Å²) in [5.41, 5.74) is 3.67. The molecule has 0 saturated carbocycles. The molecule has 1 heterocycles. The van der Waals surface area contributed by atoms with Crippen LogP contribution in [-0.4, -0.2) is 0 Å². The first-order chi connectivity index (χ1) is 5.25. The quantitative estimate of drug-likeness (QED) is 0.584. The first kappa shape index (κ1) is 8.28. The minimum atomic E-state index is 1.13. The average Bonchev–Trinajstić information content (AvgIpc) is 2.40. The van der Waals surface area contributed by atoms with E-state index < -0.39 is 0 Å². The lowest BCUT2D eigenvalue weighted by Crippen LogP contribution is -1.79. The van der Waals surface area contributed by atoms with Gasteiger partial charge in [-0.15, -0.1) is 0 Å². The van der Waals surface area contributed by atoms with E-state index in [0.717, 1.165) is 5.57 Å². The highest BCUT2D eigenvalue weighted by molar-refractivity contribution is 7.08. The molecular weight excluding hydrogens is 152 g/mol. The van der Waals surface area contributed by atoms with Crippen LogP contribution in [-0.2, 0) is 0 Å². The van der Waals surface area contributed by atoms with E-state index in [-0.39, 0.29) is 0 Å². The van der Waals surface area contributed by atoms with Gasteiger partial charge in [-0.25, -0.2) is 0 Å². The lowest BCUT2D eigenvalue weighted by Gasteiger charge is -2.01. The van der Waals surface area contributed by atoms with Crippen molar-refractivity contribution in [2.45, 2.75) is 13.8 Å². The molecule has 0 spiro atoms. The first-order valence-corrected chi connectivity index (χ1v) is 4.54. The van der Waals surface area contributed by atoms with Crippen LogP contribution >= 0.6 is 11.3 Å². The Labute approximate surface area is 71.9 Å². The fourth-order valence-corrected chi connectivity index (χ4v) is 1.73. The second-order valence-corrected chi connectivity index (χ2v) is 3.27. The molecule has 0 aliphatic heterocycles. The average molecular weight is 164 g/mol. The Morgan fingerprint density at radius 1 is 1.64 bits per heavy atom. The van der Waals surface area contributed by atoms with Crippen LogP contribution in [0.15, 0.2) is 35.1 Å². The lowest BCUT2D eigenvalue weighted by molar-refractivity contribution is 1.53. The zero-order chi connectivity index (χ0) is 8.27. The molecule has 0 fully saturated rings. The molecule has 1 heteroatoms. The number of thiophene rings is 1. The smallest absolute Gasteiger partial charge is 0.00148 e. The fraction of sp³-hybridized carbons (Fsp3) is 0.200. The molecule has 0 radical (unpaired) electrons. The monoisotopic (exact) mass is 164 g/mol. The predicted octanol–water partition coefficient (Wildman–Crippen LogP) is 3.73. The van der Waals surface area contributed by atoms with Gasteiger partial charge in [-0.05, 0) is 41.8 Å². The molecule has 58 valence electrons. The van der Waals surface area contributed by atoms with Gasteiger partial charge < -0.3 is 0 Å². The van der Waals surface area contributed by atoms with Crippen molar-refractivity contribution in [3.05, 3.63) is 40.6 Å². The Morgan fingerprint density at radius 2 is 2.36 bits per heavy atom. The van der Waals surface area contributed by atoms with Gasteiger partial charge in [-0.3, -0.25) is 0 Å². The van der Waals surface area contributed by atoms with E-state index in [0.29, 0.717) is 0 Å². The SMILES string of the molecule is C=C(C)C(=CC)c1ccsc1. The normalized spacial score (nSPS) is 11.6. The minimum Gasteiger partial charge on any atom is -0.152 e. The first-order valence-electron chi connectivity index (χ1n) is 3.60. The van der Waals surface area contributed by atoms with Crippen molar-refractivity contribution < 1.29 is 0 Å². The summed E-state index contributed by atoms with van der Waals surface area (Å²) in [5.74, 6) is 0. The zero-order valence-corrected chi connectivity index (χ0v) is 7.74. The van der Waals surface area contributed by atoms with Crippen molar-refractivity contribution in [2.24, 2.45) is 0 Å². The van der Waals surface area contributed by atoms with Crippen LogP contribution in [0.4, 0.5) is 0 Å². The third-order valence-electron chi connectivity index (χ3n) is 1.58. The molecule has 0 nitrogen and oxygen atoms in total. The van der Waals surface area contributed by atoms with Gasteiger partial charge in [0.25, 0.3) is 0 Å². The van der Waals surface area contributed by atoms with Crippen LogP contribution < -0.4 is 0 Å². The van der Waals surface area contributed by atoms with Crippen molar-refractivity contribution in [2.75, 3.05) is 0 Å². The van der Waals surface area contributed by atoms with E-state index in [9.17, 15) is 0 Å². The topological polar surface area (TPSA) is 0 Å². The third kappa shape index (κ3) is 1.81. The summed E-state index contributed by atoms with van der Waals surface area (Å²) in [6.45, 7) is 8.00. The summed E-state index contributed by atoms with van der Waals surface area (Å²) in [5, 5.41) is 4.23. The Hall–Kier alpha value is -0.820. The van der Waals surface area contributed by atoms with Gasteiger partial charge in [-0.1, -0.05) is 18.2 Å². The highest BCUT2D eigenvalue weighted by Gasteiger charge is 1.99. The fourth-order valence-electron chi connectivity index (χ4n) is 1.08. The van der Waals surface area contributed by atoms with E-state index in [1.807, 2.05) is 13.8 Å². The van der Waals surface area contributed by atoms with Crippen LogP contribution in [0.3, 0.4) is 0 Å². The summed E-state index contributed by atoms with van der Waals surface area (Å²) < 4.78 is 0. The molecule has 0 aliphatic carbocycles. The number of hydrogen-bond acceptors (Lipinski definition) is 1. The van der Waals surface area contributed by atoms with Crippen molar-refractivity contribution in [3.63, 3.8) is 0 Å². The summed E-state index contributed by atoms with van der Waals surface area (Å²) in [4.78, 5) is 0. The van der Waals surface area contributed by atoms with E-state index in [1.54, 1.807) is 11.3 Å². The molecule has 0 unspecified atom stereocenters. The van der Waals surface area contributed by atoms with Gasteiger partial charge in [0.05, 0.1) is 0 Å². The standard InChI is InChI=1S/C10H12S/c1-4-10(8(2)3)9-5-6-11-7-9/h4-7H,2H2,1,3H3. The summed E-state index contributed by atoms with van der Waals surface area (Å²) in [7, 11) is 0. The Kier molecular flexibility index (Phi) is 2.66. The third-order valence-corrected chi connectivity index (χ3v) is 2.26. The highest BCUT2D eigenvalue weighted by Crippen LogP contribution is 2.22. The van der Waals surface area contributed by atoms with Gasteiger partial charge in [-0.2, -0.15) is 11.3 Å². The van der Waals surface area contributed by atoms with Crippen molar-refractivity contribution in [1.29, 1.82) is 0 Å². The summed E-state index contributed by atoms with van der Waals surface area (Å²) in [6.07, 6.45) is 2.10. The Balaban J connectivity index is 2.99. The van der Waals surface area contributed by atoms with E-state index >= 15 is 0 Å². The van der Waals surface area contributed by atoms with Crippen LogP contribution in [0.2, 0.25) is 0 Å². The maximum Gasteiger partial charge on any atom is -0.00148 e. The zero-order valence-electron chi connectivity index (χ0n) is 6.92. The van der Waals surface area contributed by atoms with Gasteiger partial charge in [0.15, 0.2) is 0 Å². The molecule has 0 amide bonds. The molecule has 0 N–H and O–H groups in total. The van der Waals surface area contributed by atoms with Crippen LogP contribution in [0.25, 0.3) is 5.57 Å². The molecule has 1 rings (SSSR count). The minimum absolute atomic E-state index is 1.13. The van der Waals surface area contributed by atoms with Gasteiger partial charge in [0.2, 0.25) is 0 Å². The van der Waals surface area contributed by atoms with Crippen LogP contribution in [0.1, 0.15) is 19.4 Å². The number of allylic oxidation sites excluding steroid dienone is 3. The highest BCUT2D eigenvalue weighted by atomic mass is 32.1. The van der Waals surface area contributed by atoms with E-state index in [2.05, 4.69) is 29.5 Å². The lowest BCUT2D eigenvalue weighted by atomic mass is 10.0. The van der Waals surface area contributed by atoms with Gasteiger partial charge in [0, 0.05) is 0 Å². The molecule has 0 aliphatic rings. The number of hydrogen-bond donors (Lipinski definition) is 0. The van der Waals surface area contributed by atoms with Crippen molar-refractivity contribution in [1.82, 2.24) is 0 Å². The molecule has 1 aromatic rings. The van der Waals surface area contributed by atoms with Crippen molar-refractivity contribution in [3.8, 4) is 0 Å². The predicted molar refractivity (Wildman–Crippen MR) is 52.8 cm³/mol. The van der Waals surface area contributed by atoms with Gasteiger partial charge >= 0.3 is 0 Å². The van der Waals surface area contributed by atoms with Crippen LogP contribution in [0, 0.1) is 0 Å². The van der Waals surface area contributed by atoms with E-state index in [4.69, 9.17) is 0 Å². The second kappa shape index (κ2) is 3.54. The molecule has 11 heavy (non-hydrogen) atoms. The molecule has 0 saturated heterocycles. The van der Waals surface area contributed by atoms with Crippen molar-refractivity contribution >= 4 is 16.9 Å².